The summed E-state index contributed by atoms with van der Waals surface area (Å²) in [6.45, 7) is 6.28. The van der Waals surface area contributed by atoms with Crippen molar-refractivity contribution < 1.29 is 14.1 Å². The first-order chi connectivity index (χ1) is 8.67. The van der Waals surface area contributed by atoms with Crippen molar-refractivity contribution in [1.29, 1.82) is 0 Å². The van der Waals surface area contributed by atoms with E-state index in [9.17, 15) is 4.79 Å². The van der Waals surface area contributed by atoms with Crippen LogP contribution in [-0.2, 0) is 16.0 Å². The summed E-state index contributed by atoms with van der Waals surface area (Å²) in [6.07, 6.45) is 3.01. The molecule has 5 nitrogen and oxygen atoms in total. The molecule has 0 aliphatic rings. The molecular weight excluding hydrogens is 252 g/mol. The van der Waals surface area contributed by atoms with Crippen molar-refractivity contribution in [2.75, 3.05) is 12.4 Å². The number of carbonyl (C=O) groups excluding carboxylic acids is 1. The van der Waals surface area contributed by atoms with E-state index in [-0.39, 0.29) is 11.2 Å². The molecule has 6 heteroatoms. The molecule has 0 aliphatic heterocycles. The molecule has 1 aromatic rings. The van der Waals surface area contributed by atoms with E-state index in [2.05, 4.69) is 17.1 Å². The molecule has 1 aromatic heterocycles. The highest BCUT2D eigenvalue weighted by Crippen LogP contribution is 2.26. The van der Waals surface area contributed by atoms with Gasteiger partial charge in [0.2, 0.25) is 5.89 Å². The summed E-state index contributed by atoms with van der Waals surface area (Å²) in [6, 6.07) is 0. The van der Waals surface area contributed by atoms with Crippen molar-refractivity contribution >= 4 is 17.7 Å². The van der Waals surface area contributed by atoms with Crippen LogP contribution in [0, 0.1) is 0 Å². The van der Waals surface area contributed by atoms with Crippen molar-refractivity contribution in [2.24, 2.45) is 0 Å². The highest BCUT2D eigenvalue weighted by Gasteiger charge is 2.16. The zero-order valence-corrected chi connectivity index (χ0v) is 12.0. The molecule has 0 fully saturated rings. The normalized spacial score (nSPS) is 12.4. The number of aryl methyl sites for hydroxylation is 1. The standard InChI is InChI=1S/C12H20N2O3S/c1-4-6-7-10-13-12(17-14-10)9(3)18-8-11(15)16-5-2/h9H,4-8H2,1-3H3. The minimum atomic E-state index is -0.208. The lowest BCUT2D eigenvalue weighted by Gasteiger charge is -2.05. The first kappa shape index (κ1) is 15.0. The van der Waals surface area contributed by atoms with E-state index in [1.54, 1.807) is 6.92 Å². The van der Waals surface area contributed by atoms with Gasteiger partial charge in [-0.15, -0.1) is 11.8 Å². The number of carbonyl (C=O) groups is 1. The number of hydrogen-bond acceptors (Lipinski definition) is 6. The molecule has 0 spiro atoms. The van der Waals surface area contributed by atoms with Gasteiger partial charge in [-0.3, -0.25) is 4.79 Å². The van der Waals surface area contributed by atoms with Gasteiger partial charge in [-0.05, 0) is 20.3 Å². The summed E-state index contributed by atoms with van der Waals surface area (Å²) in [4.78, 5) is 15.5. The number of hydrogen-bond donors (Lipinski definition) is 0. The number of unbranched alkanes of at least 4 members (excludes halogenated alkanes) is 1. The van der Waals surface area contributed by atoms with Crippen LogP contribution >= 0.6 is 11.8 Å². The lowest BCUT2D eigenvalue weighted by molar-refractivity contribution is -0.139. The molecule has 0 saturated carbocycles. The predicted molar refractivity (Wildman–Crippen MR) is 70.4 cm³/mol. The molecule has 102 valence electrons. The lowest BCUT2D eigenvalue weighted by atomic mass is 10.2. The maximum absolute atomic E-state index is 11.2. The van der Waals surface area contributed by atoms with Gasteiger partial charge in [-0.25, -0.2) is 0 Å². The second-order valence-corrected chi connectivity index (χ2v) is 5.24. The second kappa shape index (κ2) is 8.13. The molecule has 1 rings (SSSR count). The topological polar surface area (TPSA) is 65.2 Å². The van der Waals surface area contributed by atoms with Gasteiger partial charge in [-0.1, -0.05) is 18.5 Å². The minimum absolute atomic E-state index is 0.0114. The molecule has 1 unspecified atom stereocenters. The zero-order chi connectivity index (χ0) is 13.4. The molecular formula is C12H20N2O3S. The average Bonchev–Trinajstić information content (AvgIpc) is 2.82. The molecule has 0 aromatic carbocycles. The van der Waals surface area contributed by atoms with Gasteiger partial charge in [0.1, 0.15) is 0 Å². The summed E-state index contributed by atoms with van der Waals surface area (Å²) in [7, 11) is 0. The van der Waals surface area contributed by atoms with Crippen LogP contribution in [0.25, 0.3) is 0 Å². The molecule has 1 heterocycles. The third-order valence-corrected chi connectivity index (χ3v) is 3.45. The summed E-state index contributed by atoms with van der Waals surface area (Å²) in [5.74, 6) is 1.42. The largest absolute Gasteiger partial charge is 0.465 e. The quantitative estimate of drug-likeness (QED) is 0.678. The van der Waals surface area contributed by atoms with Crippen LogP contribution in [0.2, 0.25) is 0 Å². The van der Waals surface area contributed by atoms with Gasteiger partial charge in [0.05, 0.1) is 17.6 Å². The molecule has 18 heavy (non-hydrogen) atoms. The molecule has 0 saturated heterocycles. The van der Waals surface area contributed by atoms with Crippen LogP contribution in [-0.4, -0.2) is 28.5 Å². The van der Waals surface area contributed by atoms with E-state index >= 15 is 0 Å². The lowest BCUT2D eigenvalue weighted by Crippen LogP contribution is -2.07. The Morgan fingerprint density at radius 3 is 2.94 bits per heavy atom. The Labute approximate surface area is 112 Å². The van der Waals surface area contributed by atoms with Gasteiger partial charge in [-0.2, -0.15) is 4.98 Å². The van der Waals surface area contributed by atoms with Crippen LogP contribution < -0.4 is 0 Å². The van der Waals surface area contributed by atoms with E-state index < -0.39 is 0 Å². The molecule has 0 amide bonds. The third-order valence-electron chi connectivity index (χ3n) is 2.34. The van der Waals surface area contributed by atoms with Gasteiger partial charge in [0, 0.05) is 6.42 Å². The highest BCUT2D eigenvalue weighted by molar-refractivity contribution is 8.00. The van der Waals surface area contributed by atoms with Crippen molar-refractivity contribution in [3.8, 4) is 0 Å². The Morgan fingerprint density at radius 2 is 2.28 bits per heavy atom. The van der Waals surface area contributed by atoms with E-state index in [4.69, 9.17) is 9.26 Å². The highest BCUT2D eigenvalue weighted by atomic mass is 32.2. The maximum Gasteiger partial charge on any atom is 0.315 e. The maximum atomic E-state index is 11.2. The van der Waals surface area contributed by atoms with Crippen molar-refractivity contribution in [3.63, 3.8) is 0 Å². The first-order valence-electron chi connectivity index (χ1n) is 6.27. The van der Waals surface area contributed by atoms with Crippen LogP contribution in [0.5, 0.6) is 0 Å². The molecule has 1 atom stereocenters. The van der Waals surface area contributed by atoms with Gasteiger partial charge >= 0.3 is 5.97 Å². The fraction of sp³-hybridized carbons (Fsp3) is 0.750. The smallest absolute Gasteiger partial charge is 0.315 e. The van der Waals surface area contributed by atoms with E-state index in [0.29, 0.717) is 18.3 Å². The Bertz CT molecular complexity index is 368. The SMILES string of the molecule is CCCCc1noc(C(C)SCC(=O)OCC)n1. The van der Waals surface area contributed by atoms with Crippen molar-refractivity contribution in [1.82, 2.24) is 10.1 Å². The van der Waals surface area contributed by atoms with Gasteiger partial charge < -0.3 is 9.26 Å². The molecule has 0 aliphatic carbocycles. The monoisotopic (exact) mass is 272 g/mol. The summed E-state index contributed by atoms with van der Waals surface area (Å²) >= 11 is 1.44. The Morgan fingerprint density at radius 1 is 1.50 bits per heavy atom. The number of nitrogens with zero attached hydrogens (tertiary/aromatic N) is 2. The van der Waals surface area contributed by atoms with Crippen LogP contribution in [0.4, 0.5) is 0 Å². The van der Waals surface area contributed by atoms with Crippen LogP contribution in [0.15, 0.2) is 4.52 Å². The van der Waals surface area contributed by atoms with Crippen LogP contribution in [0.3, 0.4) is 0 Å². The van der Waals surface area contributed by atoms with E-state index in [1.165, 1.54) is 11.8 Å². The minimum Gasteiger partial charge on any atom is -0.465 e. The van der Waals surface area contributed by atoms with E-state index in [1.807, 2.05) is 6.92 Å². The zero-order valence-electron chi connectivity index (χ0n) is 11.1. The van der Waals surface area contributed by atoms with Crippen molar-refractivity contribution in [3.05, 3.63) is 11.7 Å². The number of ether oxygens (including phenoxy) is 1. The summed E-state index contributed by atoms with van der Waals surface area (Å²) < 4.78 is 10.0. The van der Waals surface area contributed by atoms with E-state index in [0.717, 1.165) is 25.1 Å². The van der Waals surface area contributed by atoms with Gasteiger partial charge in [0.25, 0.3) is 0 Å². The molecule has 0 bridgehead atoms. The Balaban J connectivity index is 2.38. The average molecular weight is 272 g/mol. The summed E-state index contributed by atoms with van der Waals surface area (Å²) in [5.41, 5.74) is 0. The first-order valence-corrected chi connectivity index (χ1v) is 7.31. The Hall–Kier alpha value is -1.04. The number of thioether (sulfide) groups is 1. The van der Waals surface area contributed by atoms with Crippen LogP contribution in [0.1, 0.15) is 50.6 Å². The number of aromatic nitrogens is 2. The predicted octanol–water partition coefficient (Wildman–Crippen LogP) is 2.77. The number of esters is 1. The molecule has 0 N–H and O–H groups in total. The Kier molecular flexibility index (Phi) is 6.78. The molecule has 0 radical (unpaired) electrons. The fourth-order valence-electron chi connectivity index (χ4n) is 1.34. The van der Waals surface area contributed by atoms with Crippen molar-refractivity contribution in [2.45, 2.75) is 45.3 Å². The second-order valence-electron chi connectivity index (χ2n) is 3.91. The fourth-order valence-corrected chi connectivity index (χ4v) is 2.04. The summed E-state index contributed by atoms with van der Waals surface area (Å²) in [5, 5.41) is 3.93. The number of rotatable bonds is 8. The third kappa shape index (κ3) is 5.08. The van der Waals surface area contributed by atoms with Gasteiger partial charge in [0.15, 0.2) is 5.82 Å².